The van der Waals surface area contributed by atoms with Crippen molar-refractivity contribution in [1.29, 1.82) is 43.4 Å². The molecular weight excluding hydrogens is 252 g/mol. The molecule has 0 spiro atoms. The average Bonchev–Trinajstić information content (AvgIpc) is 2.49. The summed E-state index contributed by atoms with van der Waals surface area (Å²) in [6.07, 6.45) is 0. The predicted octanol–water partition coefficient (Wildman–Crippen LogP) is 0.974. The third-order valence-corrected chi connectivity index (χ3v) is 0.273. The molecule has 0 fully saturated rings. The maximum Gasteiger partial charge on any atom is 0 e. The molecular formula is H6N18. The summed E-state index contributed by atoms with van der Waals surface area (Å²) in [6.45, 7) is 0. The minimum atomic E-state index is 2.42. The lowest BCUT2D eigenvalue weighted by atomic mass is 12.5. The second kappa shape index (κ2) is 121. The van der Waals surface area contributed by atoms with Crippen LogP contribution in [0.3, 0.4) is 0 Å². The molecule has 0 radical (unpaired) electrons. The Bertz CT molecular complexity index is 230. The normalized spacial score (nSPS) is 7.00. The van der Waals surface area contributed by atoms with Crippen LogP contribution in [0.15, 0.2) is 41.8 Å². The van der Waals surface area contributed by atoms with Crippen molar-refractivity contribution in [3.8, 4) is 0 Å². The van der Waals surface area contributed by atoms with Gasteiger partial charge in [0, 0.05) is 32.4 Å². The summed E-state index contributed by atoms with van der Waals surface area (Å²) in [5.41, 5.74) is 11.9. The fraction of sp³-hybridized carbons (Fsp3) is 0. The zero-order valence-electron chi connectivity index (χ0n) is 8.42. The van der Waals surface area contributed by atoms with Crippen LogP contribution in [0, 0.1) is 43.4 Å². The molecule has 18 nitrogen and oxygen atoms in total. The predicted molar refractivity (Wildman–Crippen MR) is 43.6 cm³/mol. The van der Waals surface area contributed by atoms with Crippen LogP contribution in [0.5, 0.6) is 0 Å². The smallest absolute Gasteiger partial charge is 0 e. The summed E-state index contributed by atoms with van der Waals surface area (Å²) in [6, 6.07) is 0. The first-order chi connectivity index (χ1) is 8.83. The minimum Gasteiger partial charge on any atom is -0.303 e. The van der Waals surface area contributed by atoms with Crippen LogP contribution in [-0.2, 0) is 0 Å². The van der Waals surface area contributed by atoms with Gasteiger partial charge in [-0.3, -0.25) is 0 Å². The van der Waals surface area contributed by atoms with Crippen LogP contribution < -0.4 is 11.7 Å². The van der Waals surface area contributed by atoms with E-state index >= 15 is 0 Å². The maximum atomic E-state index is 6.00. The van der Waals surface area contributed by atoms with Crippen LogP contribution in [0.25, 0.3) is 0 Å². The van der Waals surface area contributed by atoms with Gasteiger partial charge >= 0.3 is 0 Å². The first-order valence-corrected chi connectivity index (χ1v) is 2.76. The highest BCUT2D eigenvalue weighted by molar-refractivity contribution is 3.96. The highest BCUT2D eigenvalue weighted by Gasteiger charge is 1.51. The highest BCUT2D eigenvalue weighted by Crippen LogP contribution is 1.71. The van der Waals surface area contributed by atoms with E-state index in [-0.39, 0.29) is 0 Å². The molecule has 0 rings (SSSR count). The minimum absolute atomic E-state index is 2.42. The molecule has 0 bridgehead atoms. The van der Waals surface area contributed by atoms with Gasteiger partial charge in [-0.1, -0.05) is 10.4 Å². The molecule has 0 saturated carbocycles. The van der Waals surface area contributed by atoms with Crippen molar-refractivity contribution >= 4 is 0 Å². The number of hydrogen-bond donors (Lipinski definition) is 4. The standard InChI is InChI=1S/H4N6.H2N6.3N2/c2*1-3-5-6-4-2;3*1-2/h(H2,1,4,5)(H2,2,3,6);1-2H;;;/b;3-1?,4-2?,6-5+;;;. The largest absolute Gasteiger partial charge is 0.303 e. The molecule has 0 saturated heterocycles. The Morgan fingerprint density at radius 2 is 0.778 bits per heavy atom. The van der Waals surface area contributed by atoms with Crippen molar-refractivity contribution in [3.05, 3.63) is 0 Å². The summed E-state index contributed by atoms with van der Waals surface area (Å²) in [5, 5.41) is 57.2. The average molecular weight is 258 g/mol. The topological polar surface area (TPSA) is 341 Å². The van der Waals surface area contributed by atoms with Crippen molar-refractivity contribution in [2.24, 2.45) is 53.5 Å². The first-order valence-electron chi connectivity index (χ1n) is 2.76. The Morgan fingerprint density at radius 1 is 0.556 bits per heavy atom. The van der Waals surface area contributed by atoms with E-state index in [0.717, 1.165) is 0 Å². The Balaban J connectivity index is -0.0000000442. The zero-order valence-corrected chi connectivity index (χ0v) is 8.42. The third kappa shape index (κ3) is 404. The summed E-state index contributed by atoms with van der Waals surface area (Å²) < 4.78 is 0. The summed E-state index contributed by atoms with van der Waals surface area (Å²) in [5.74, 6) is 8.93. The fourth-order valence-corrected chi connectivity index (χ4v) is 0.0862. The highest BCUT2D eigenvalue weighted by atomic mass is 15.6. The van der Waals surface area contributed by atoms with E-state index in [4.69, 9.17) is 43.4 Å². The molecule has 0 aliphatic rings. The Labute approximate surface area is 98.0 Å². The number of nitrogens with two attached hydrogens (primary N) is 2. The van der Waals surface area contributed by atoms with Crippen LogP contribution >= 0.6 is 0 Å². The van der Waals surface area contributed by atoms with Crippen LogP contribution in [0.2, 0.25) is 0 Å². The van der Waals surface area contributed by atoms with Gasteiger partial charge in [0.25, 0.3) is 0 Å². The molecule has 0 unspecified atom stereocenters. The van der Waals surface area contributed by atoms with Gasteiger partial charge in [-0.25, -0.2) is 0 Å². The Morgan fingerprint density at radius 3 is 0.889 bits per heavy atom. The lowest BCUT2D eigenvalue weighted by Gasteiger charge is -1.62. The molecule has 0 aliphatic carbocycles. The zero-order chi connectivity index (χ0) is 15.7. The number of nitrogens with zero attached hydrogens (tertiary/aromatic N) is 14. The summed E-state index contributed by atoms with van der Waals surface area (Å²) in [4.78, 5) is 0. The molecule has 0 aliphatic heterocycles. The SMILES string of the molecule is N#N.N#N.N#N.N/N=N/N=N/N.N=N/N=N/N=N. The molecule has 0 amide bonds. The van der Waals surface area contributed by atoms with Gasteiger partial charge < -0.3 is 11.7 Å². The number of hydrogen-bond acceptors (Lipinski definition) is 10. The Hall–Kier alpha value is -4.14. The number of rotatable bonds is 3. The van der Waals surface area contributed by atoms with E-state index in [1.165, 1.54) is 0 Å². The molecule has 18 heteroatoms. The monoisotopic (exact) mass is 258 g/mol. The second-order valence-corrected chi connectivity index (χ2v) is 0.789. The van der Waals surface area contributed by atoms with E-state index in [0.29, 0.717) is 0 Å². The second-order valence-electron chi connectivity index (χ2n) is 0.789. The fourth-order valence-electron chi connectivity index (χ4n) is 0.0862. The number of nitrogens with one attached hydrogen (secondary N) is 2. The molecule has 6 N–H and O–H groups in total. The van der Waals surface area contributed by atoms with Gasteiger partial charge in [0.1, 0.15) is 0 Å². The van der Waals surface area contributed by atoms with Crippen molar-refractivity contribution in [2.45, 2.75) is 0 Å². The first kappa shape index (κ1) is 29.2. The molecule has 0 heterocycles. The molecule has 0 aromatic rings. The summed E-state index contributed by atoms with van der Waals surface area (Å²) in [7, 11) is 0. The molecule has 0 atom stereocenters. The van der Waals surface area contributed by atoms with Gasteiger partial charge in [-0.05, 0) is 31.3 Å². The summed E-state index contributed by atoms with van der Waals surface area (Å²) >= 11 is 0. The van der Waals surface area contributed by atoms with Crippen LogP contribution in [0.1, 0.15) is 0 Å². The van der Waals surface area contributed by atoms with E-state index in [9.17, 15) is 0 Å². The lowest BCUT2D eigenvalue weighted by Crippen LogP contribution is -1.74. The van der Waals surface area contributed by atoms with E-state index in [2.05, 4.69) is 53.5 Å². The lowest BCUT2D eigenvalue weighted by molar-refractivity contribution is 0.808. The van der Waals surface area contributed by atoms with Crippen LogP contribution in [-0.4, -0.2) is 0 Å². The van der Waals surface area contributed by atoms with Gasteiger partial charge in [-0.15, -0.1) is 0 Å². The maximum absolute atomic E-state index is 6.00. The van der Waals surface area contributed by atoms with Crippen molar-refractivity contribution in [3.63, 3.8) is 0 Å². The van der Waals surface area contributed by atoms with Crippen molar-refractivity contribution in [1.82, 2.24) is 0 Å². The van der Waals surface area contributed by atoms with E-state index in [1.807, 2.05) is 0 Å². The van der Waals surface area contributed by atoms with E-state index in [1.54, 1.807) is 0 Å². The van der Waals surface area contributed by atoms with Crippen molar-refractivity contribution in [2.75, 3.05) is 0 Å². The molecule has 0 aromatic carbocycles. The van der Waals surface area contributed by atoms with E-state index < -0.39 is 0 Å². The molecule has 18 heavy (non-hydrogen) atoms. The molecule has 0 aromatic heterocycles. The van der Waals surface area contributed by atoms with Gasteiger partial charge in [-0.2, -0.15) is 11.1 Å². The molecule has 96 valence electrons. The Kier molecular flexibility index (Phi) is 197. The van der Waals surface area contributed by atoms with Crippen LogP contribution in [0.4, 0.5) is 0 Å². The van der Waals surface area contributed by atoms with Crippen molar-refractivity contribution < 1.29 is 0 Å². The van der Waals surface area contributed by atoms with Gasteiger partial charge in [0.05, 0.1) is 0 Å². The third-order valence-electron chi connectivity index (χ3n) is 0.273. The van der Waals surface area contributed by atoms with Gasteiger partial charge in [0.15, 0.2) is 0 Å². The van der Waals surface area contributed by atoms with Gasteiger partial charge in [0.2, 0.25) is 0 Å². The quantitative estimate of drug-likeness (QED) is 0.243.